The fourth-order valence-corrected chi connectivity index (χ4v) is 3.72. The van der Waals surface area contributed by atoms with Crippen LogP contribution >= 0.6 is 0 Å². The van der Waals surface area contributed by atoms with Gasteiger partial charge in [-0.3, -0.25) is 9.88 Å². The number of nitrogens with zero attached hydrogens (tertiary/aromatic N) is 2. The Kier molecular flexibility index (Phi) is 4.59. The average molecular weight is 340 g/mol. The second-order valence-electron chi connectivity index (χ2n) is 6.94. The molecule has 0 amide bonds. The summed E-state index contributed by atoms with van der Waals surface area (Å²) < 4.78 is 10.9. The van der Waals surface area contributed by atoms with E-state index >= 15 is 0 Å². The topological polar surface area (TPSA) is 54.8 Å². The summed E-state index contributed by atoms with van der Waals surface area (Å²) in [4.78, 5) is 6.75. The Morgan fingerprint density at radius 3 is 2.68 bits per heavy atom. The first-order valence-corrected chi connectivity index (χ1v) is 8.91. The molecule has 1 aromatic carbocycles. The summed E-state index contributed by atoms with van der Waals surface area (Å²) in [7, 11) is 0. The van der Waals surface area contributed by atoms with Gasteiger partial charge in [0.1, 0.15) is 0 Å². The van der Waals surface area contributed by atoms with Crippen molar-refractivity contribution in [2.75, 3.05) is 19.9 Å². The third kappa shape index (κ3) is 3.48. The van der Waals surface area contributed by atoms with Crippen molar-refractivity contribution in [2.24, 2.45) is 5.92 Å². The number of benzene rings is 1. The summed E-state index contributed by atoms with van der Waals surface area (Å²) in [5, 5.41) is 10.6. The molecule has 0 spiro atoms. The van der Waals surface area contributed by atoms with Crippen LogP contribution in [-0.4, -0.2) is 34.9 Å². The number of aliphatic hydroxyl groups excluding tert-OH is 1. The molecule has 4 rings (SSSR count). The highest BCUT2D eigenvalue weighted by Gasteiger charge is 2.27. The van der Waals surface area contributed by atoms with Crippen molar-refractivity contribution in [1.29, 1.82) is 0 Å². The molecule has 2 aromatic rings. The molecule has 132 valence electrons. The third-order valence-corrected chi connectivity index (χ3v) is 5.29. The highest BCUT2D eigenvalue weighted by atomic mass is 16.7. The largest absolute Gasteiger partial charge is 0.454 e. The van der Waals surface area contributed by atoms with Crippen LogP contribution in [0.25, 0.3) is 0 Å². The van der Waals surface area contributed by atoms with E-state index in [1.165, 1.54) is 11.1 Å². The first-order chi connectivity index (χ1) is 12.2. The summed E-state index contributed by atoms with van der Waals surface area (Å²) in [5.74, 6) is 1.98. The minimum atomic E-state index is -0.462. The number of pyridine rings is 1. The van der Waals surface area contributed by atoms with Gasteiger partial charge in [-0.25, -0.2) is 0 Å². The SMILES string of the molecule is Cc1cc2c(cc1CN1CCC([C@@H](O)c3ccccn3)CC1)OCO2. The normalized spacial score (nSPS) is 19.1. The van der Waals surface area contributed by atoms with Gasteiger partial charge in [0.25, 0.3) is 0 Å². The van der Waals surface area contributed by atoms with Crippen molar-refractivity contribution in [3.63, 3.8) is 0 Å². The number of aromatic nitrogens is 1. The van der Waals surface area contributed by atoms with Crippen molar-refractivity contribution in [1.82, 2.24) is 9.88 Å². The van der Waals surface area contributed by atoms with Gasteiger partial charge in [0, 0.05) is 12.7 Å². The van der Waals surface area contributed by atoms with Crippen LogP contribution in [0, 0.1) is 12.8 Å². The predicted octanol–water partition coefficient (Wildman–Crippen LogP) is 3.06. The lowest BCUT2D eigenvalue weighted by Gasteiger charge is -2.34. The zero-order chi connectivity index (χ0) is 17.2. The molecule has 25 heavy (non-hydrogen) atoms. The number of piperidine rings is 1. The molecule has 2 aliphatic heterocycles. The van der Waals surface area contributed by atoms with E-state index in [0.29, 0.717) is 6.79 Å². The Morgan fingerprint density at radius 2 is 1.96 bits per heavy atom. The van der Waals surface area contributed by atoms with E-state index in [1.54, 1.807) is 6.20 Å². The van der Waals surface area contributed by atoms with E-state index < -0.39 is 6.10 Å². The fourth-order valence-electron chi connectivity index (χ4n) is 3.72. The second-order valence-corrected chi connectivity index (χ2v) is 6.94. The van der Waals surface area contributed by atoms with Crippen LogP contribution in [0.4, 0.5) is 0 Å². The molecule has 1 atom stereocenters. The lowest BCUT2D eigenvalue weighted by Crippen LogP contribution is -2.35. The smallest absolute Gasteiger partial charge is 0.231 e. The standard InChI is InChI=1S/C20H24N2O3/c1-14-10-18-19(25-13-24-18)11-16(14)12-22-8-5-15(6-9-22)20(23)17-4-2-3-7-21-17/h2-4,7,10-11,15,20,23H,5-6,8-9,12-13H2,1H3/t20-/m1/s1. The van der Waals surface area contributed by atoms with Crippen LogP contribution in [0.5, 0.6) is 11.5 Å². The van der Waals surface area contributed by atoms with Gasteiger partial charge in [-0.1, -0.05) is 6.07 Å². The Balaban J connectivity index is 1.36. The van der Waals surface area contributed by atoms with Gasteiger partial charge >= 0.3 is 0 Å². The van der Waals surface area contributed by atoms with E-state index in [-0.39, 0.29) is 5.92 Å². The number of hydrogen-bond donors (Lipinski definition) is 1. The molecule has 2 aliphatic rings. The minimum Gasteiger partial charge on any atom is -0.454 e. The summed E-state index contributed by atoms with van der Waals surface area (Å²) >= 11 is 0. The molecule has 5 heteroatoms. The highest BCUT2D eigenvalue weighted by molar-refractivity contribution is 5.48. The first kappa shape index (κ1) is 16.4. The number of aryl methyl sites for hydroxylation is 1. The van der Waals surface area contributed by atoms with Gasteiger partial charge in [-0.05, 0) is 74.2 Å². The van der Waals surface area contributed by atoms with Gasteiger partial charge in [0.05, 0.1) is 11.8 Å². The van der Waals surface area contributed by atoms with Crippen LogP contribution in [0.2, 0.25) is 0 Å². The maximum absolute atomic E-state index is 10.6. The quantitative estimate of drug-likeness (QED) is 0.927. The Bertz CT molecular complexity index is 727. The van der Waals surface area contributed by atoms with E-state index in [2.05, 4.69) is 28.9 Å². The van der Waals surface area contributed by atoms with Gasteiger partial charge in [-0.15, -0.1) is 0 Å². The molecule has 1 saturated heterocycles. The van der Waals surface area contributed by atoms with Crippen molar-refractivity contribution >= 4 is 0 Å². The summed E-state index contributed by atoms with van der Waals surface area (Å²) in [5.41, 5.74) is 3.31. The van der Waals surface area contributed by atoms with Gasteiger partial charge in [0.2, 0.25) is 6.79 Å². The molecule has 0 aliphatic carbocycles. The zero-order valence-corrected chi connectivity index (χ0v) is 14.5. The zero-order valence-electron chi connectivity index (χ0n) is 14.5. The van der Waals surface area contributed by atoms with Crippen LogP contribution in [0.15, 0.2) is 36.5 Å². The lowest BCUT2D eigenvalue weighted by molar-refractivity contribution is 0.0539. The van der Waals surface area contributed by atoms with Crippen molar-refractivity contribution < 1.29 is 14.6 Å². The molecule has 0 bridgehead atoms. The van der Waals surface area contributed by atoms with Gasteiger partial charge in [0.15, 0.2) is 11.5 Å². The molecule has 3 heterocycles. The van der Waals surface area contributed by atoms with Crippen LogP contribution < -0.4 is 9.47 Å². The van der Waals surface area contributed by atoms with E-state index in [9.17, 15) is 5.11 Å². The van der Waals surface area contributed by atoms with Gasteiger partial charge < -0.3 is 14.6 Å². The lowest BCUT2D eigenvalue weighted by atomic mass is 9.89. The maximum Gasteiger partial charge on any atom is 0.231 e. The molecule has 0 radical (unpaired) electrons. The maximum atomic E-state index is 10.6. The molecule has 0 saturated carbocycles. The summed E-state index contributed by atoms with van der Waals surface area (Å²) in [6, 6.07) is 9.89. The summed E-state index contributed by atoms with van der Waals surface area (Å²) in [6.07, 6.45) is 3.26. The first-order valence-electron chi connectivity index (χ1n) is 8.91. The van der Waals surface area contributed by atoms with Crippen molar-refractivity contribution in [3.05, 3.63) is 53.3 Å². The van der Waals surface area contributed by atoms with Crippen LogP contribution in [0.3, 0.4) is 0 Å². The fraction of sp³-hybridized carbons (Fsp3) is 0.450. The molecular formula is C20H24N2O3. The van der Waals surface area contributed by atoms with Crippen LogP contribution in [-0.2, 0) is 6.54 Å². The number of rotatable bonds is 4. The number of likely N-dealkylation sites (tertiary alicyclic amines) is 1. The molecule has 0 unspecified atom stereocenters. The van der Waals surface area contributed by atoms with E-state index in [1.807, 2.05) is 18.2 Å². The molecule has 1 fully saturated rings. The van der Waals surface area contributed by atoms with Gasteiger partial charge in [-0.2, -0.15) is 0 Å². The van der Waals surface area contributed by atoms with E-state index in [4.69, 9.17) is 9.47 Å². The second kappa shape index (κ2) is 7.02. The van der Waals surface area contributed by atoms with E-state index in [0.717, 1.165) is 49.7 Å². The van der Waals surface area contributed by atoms with Crippen LogP contribution in [0.1, 0.15) is 35.8 Å². The predicted molar refractivity (Wildman–Crippen MR) is 94.5 cm³/mol. The minimum absolute atomic E-state index is 0.281. The average Bonchev–Trinajstić information content (AvgIpc) is 3.10. The molecule has 5 nitrogen and oxygen atoms in total. The highest BCUT2D eigenvalue weighted by Crippen LogP contribution is 2.36. The van der Waals surface area contributed by atoms with Crippen molar-refractivity contribution in [2.45, 2.75) is 32.4 Å². The Labute approximate surface area is 148 Å². The number of hydrogen-bond acceptors (Lipinski definition) is 5. The number of fused-ring (bicyclic) bond motifs is 1. The molecular weight excluding hydrogens is 316 g/mol. The monoisotopic (exact) mass is 340 g/mol. The molecule has 1 aromatic heterocycles. The number of aliphatic hydroxyl groups is 1. The third-order valence-electron chi connectivity index (χ3n) is 5.29. The van der Waals surface area contributed by atoms with Crippen molar-refractivity contribution in [3.8, 4) is 11.5 Å². The number of ether oxygens (including phenoxy) is 2. The molecule has 1 N–H and O–H groups in total. The Morgan fingerprint density at radius 1 is 1.20 bits per heavy atom. The Hall–Kier alpha value is -2.11. The summed E-state index contributed by atoms with van der Waals surface area (Å²) in [6.45, 7) is 5.32.